The molecule has 0 spiro atoms. The molecule has 2 aromatic carbocycles. The molecule has 0 aliphatic carbocycles. The predicted octanol–water partition coefficient (Wildman–Crippen LogP) is 5.27. The largest absolute Gasteiger partial charge is 0.497 e. The van der Waals surface area contributed by atoms with Crippen LogP contribution in [0.1, 0.15) is 20.3 Å². The Morgan fingerprint density at radius 2 is 1.65 bits per heavy atom. The van der Waals surface area contributed by atoms with Crippen molar-refractivity contribution in [2.75, 3.05) is 13.7 Å². The Bertz CT molecular complexity index is 893. The highest BCUT2D eigenvalue weighted by Crippen LogP contribution is 2.24. The maximum absolute atomic E-state index is 5.50. The van der Waals surface area contributed by atoms with Crippen LogP contribution in [0.3, 0.4) is 0 Å². The smallest absolute Gasteiger partial charge is 0.190 e. The molecule has 0 N–H and O–H groups in total. The molecule has 0 fully saturated rings. The van der Waals surface area contributed by atoms with Crippen molar-refractivity contribution in [3.05, 3.63) is 58.7 Å². The van der Waals surface area contributed by atoms with Gasteiger partial charge in [-0.05, 0) is 67.4 Å². The number of aromatic nitrogens is 1. The van der Waals surface area contributed by atoms with E-state index >= 15 is 0 Å². The van der Waals surface area contributed by atoms with Gasteiger partial charge in [0.2, 0.25) is 0 Å². The molecule has 0 atom stereocenters. The van der Waals surface area contributed by atoms with Crippen LogP contribution in [-0.2, 0) is 6.54 Å². The summed E-state index contributed by atoms with van der Waals surface area (Å²) in [5, 5.41) is 2.17. The van der Waals surface area contributed by atoms with Crippen molar-refractivity contribution in [1.82, 2.24) is 4.57 Å². The number of rotatable bonds is 7. The van der Waals surface area contributed by atoms with E-state index in [-0.39, 0.29) is 0 Å². The molecule has 1 aromatic heterocycles. The van der Waals surface area contributed by atoms with E-state index in [1.54, 1.807) is 18.4 Å². The van der Waals surface area contributed by atoms with Crippen molar-refractivity contribution in [3.63, 3.8) is 0 Å². The molecular weight excluding hydrogens is 344 g/mol. The second-order valence-electron chi connectivity index (χ2n) is 5.82. The van der Waals surface area contributed by atoms with E-state index in [2.05, 4.69) is 29.0 Å². The number of benzene rings is 2. The molecule has 5 heteroatoms. The second-order valence-corrected chi connectivity index (χ2v) is 6.66. The van der Waals surface area contributed by atoms with Gasteiger partial charge in [-0.15, -0.1) is 11.3 Å². The molecule has 0 bridgehead atoms. The van der Waals surface area contributed by atoms with Crippen LogP contribution in [0.15, 0.2) is 58.9 Å². The molecule has 0 amide bonds. The van der Waals surface area contributed by atoms with Gasteiger partial charge < -0.3 is 14.0 Å². The fraction of sp³-hybridized carbons (Fsp3) is 0.286. The van der Waals surface area contributed by atoms with Gasteiger partial charge in [0, 0.05) is 11.9 Å². The molecule has 26 heavy (non-hydrogen) atoms. The summed E-state index contributed by atoms with van der Waals surface area (Å²) in [6.07, 6.45) is 1.05. The first-order chi connectivity index (χ1) is 12.7. The van der Waals surface area contributed by atoms with Crippen molar-refractivity contribution in [1.29, 1.82) is 0 Å². The van der Waals surface area contributed by atoms with Gasteiger partial charge in [0.1, 0.15) is 11.5 Å². The zero-order chi connectivity index (χ0) is 18.4. The number of nitrogens with zero attached hydrogens (tertiary/aromatic N) is 2. The SMILES string of the molecule is CCCn1c(-c2ccc(OC)cc2)csc1=Nc1ccc(OCC)cc1. The van der Waals surface area contributed by atoms with Gasteiger partial charge in [-0.3, -0.25) is 0 Å². The predicted molar refractivity (Wildman–Crippen MR) is 107 cm³/mol. The monoisotopic (exact) mass is 368 g/mol. The Kier molecular flexibility index (Phi) is 6.12. The van der Waals surface area contributed by atoms with Crippen molar-refractivity contribution in [2.24, 2.45) is 4.99 Å². The molecule has 3 aromatic rings. The minimum Gasteiger partial charge on any atom is -0.497 e. The van der Waals surface area contributed by atoms with Gasteiger partial charge in [-0.1, -0.05) is 6.92 Å². The minimum atomic E-state index is 0.670. The summed E-state index contributed by atoms with van der Waals surface area (Å²) >= 11 is 1.66. The van der Waals surface area contributed by atoms with Gasteiger partial charge in [0.25, 0.3) is 0 Å². The van der Waals surface area contributed by atoms with Crippen LogP contribution in [0, 0.1) is 0 Å². The number of methoxy groups -OCH3 is 1. The maximum Gasteiger partial charge on any atom is 0.190 e. The maximum atomic E-state index is 5.50. The first kappa shape index (κ1) is 18.3. The molecule has 1 heterocycles. The molecule has 0 unspecified atom stereocenters. The van der Waals surface area contributed by atoms with Crippen LogP contribution < -0.4 is 14.3 Å². The lowest BCUT2D eigenvalue weighted by Crippen LogP contribution is -2.15. The molecule has 136 valence electrons. The minimum absolute atomic E-state index is 0.670. The molecule has 0 saturated heterocycles. The fourth-order valence-corrected chi connectivity index (χ4v) is 3.70. The molecular formula is C21H24N2O2S. The summed E-state index contributed by atoms with van der Waals surface area (Å²) in [7, 11) is 1.69. The topological polar surface area (TPSA) is 35.8 Å². The standard InChI is InChI=1S/C21H24N2O2S/c1-4-14-23-20(16-6-10-18(24-3)11-7-16)15-26-21(23)22-17-8-12-19(13-9-17)25-5-2/h6-13,15H,4-5,14H2,1-3H3. The average molecular weight is 369 g/mol. The highest BCUT2D eigenvalue weighted by atomic mass is 32.1. The highest BCUT2D eigenvalue weighted by Gasteiger charge is 2.08. The summed E-state index contributed by atoms with van der Waals surface area (Å²) in [6, 6.07) is 16.1. The van der Waals surface area contributed by atoms with Crippen LogP contribution in [-0.4, -0.2) is 18.3 Å². The van der Waals surface area contributed by atoms with E-state index in [0.29, 0.717) is 6.61 Å². The summed E-state index contributed by atoms with van der Waals surface area (Å²) < 4.78 is 13.0. The number of thiazole rings is 1. The van der Waals surface area contributed by atoms with Crippen LogP contribution in [0.4, 0.5) is 5.69 Å². The van der Waals surface area contributed by atoms with E-state index in [1.807, 2.05) is 43.3 Å². The van der Waals surface area contributed by atoms with E-state index in [1.165, 1.54) is 11.3 Å². The molecule has 0 aliphatic rings. The lowest BCUT2D eigenvalue weighted by molar-refractivity contribution is 0.340. The third-order valence-corrected chi connectivity index (χ3v) is 4.87. The fourth-order valence-electron chi connectivity index (χ4n) is 2.74. The zero-order valence-corrected chi connectivity index (χ0v) is 16.3. The van der Waals surface area contributed by atoms with E-state index in [9.17, 15) is 0 Å². The second kappa shape index (κ2) is 8.72. The lowest BCUT2D eigenvalue weighted by atomic mass is 10.1. The van der Waals surface area contributed by atoms with Crippen molar-refractivity contribution in [2.45, 2.75) is 26.8 Å². The van der Waals surface area contributed by atoms with Crippen LogP contribution in [0.25, 0.3) is 11.3 Å². The summed E-state index contributed by atoms with van der Waals surface area (Å²) in [4.78, 5) is 5.84. The first-order valence-electron chi connectivity index (χ1n) is 8.85. The Morgan fingerprint density at radius 3 is 2.27 bits per heavy atom. The normalized spacial score (nSPS) is 11.6. The Hall–Kier alpha value is -2.53. The first-order valence-corrected chi connectivity index (χ1v) is 9.73. The number of hydrogen-bond acceptors (Lipinski definition) is 4. The molecule has 0 saturated carbocycles. The number of ether oxygens (including phenoxy) is 2. The molecule has 0 aliphatic heterocycles. The molecule has 3 rings (SSSR count). The molecule has 0 radical (unpaired) electrons. The third-order valence-electron chi connectivity index (χ3n) is 4.00. The van der Waals surface area contributed by atoms with Gasteiger partial charge in [0.05, 0.1) is 25.1 Å². The molecule has 4 nitrogen and oxygen atoms in total. The summed E-state index contributed by atoms with van der Waals surface area (Å²) in [6.45, 7) is 5.77. The van der Waals surface area contributed by atoms with Gasteiger partial charge >= 0.3 is 0 Å². The quantitative estimate of drug-likeness (QED) is 0.570. The van der Waals surface area contributed by atoms with E-state index in [4.69, 9.17) is 14.5 Å². The van der Waals surface area contributed by atoms with Crippen LogP contribution >= 0.6 is 11.3 Å². The third kappa shape index (κ3) is 4.17. The highest BCUT2D eigenvalue weighted by molar-refractivity contribution is 7.07. The average Bonchev–Trinajstić information content (AvgIpc) is 3.06. The van der Waals surface area contributed by atoms with Gasteiger partial charge in [0.15, 0.2) is 4.80 Å². The van der Waals surface area contributed by atoms with E-state index < -0.39 is 0 Å². The Morgan fingerprint density at radius 1 is 0.962 bits per heavy atom. The van der Waals surface area contributed by atoms with Crippen LogP contribution in [0.5, 0.6) is 11.5 Å². The van der Waals surface area contributed by atoms with Crippen LogP contribution in [0.2, 0.25) is 0 Å². The Balaban J connectivity index is 1.97. The summed E-state index contributed by atoms with van der Waals surface area (Å²) in [5.74, 6) is 1.74. The van der Waals surface area contributed by atoms with Gasteiger partial charge in [-0.2, -0.15) is 0 Å². The summed E-state index contributed by atoms with van der Waals surface area (Å²) in [5.41, 5.74) is 3.29. The van der Waals surface area contributed by atoms with E-state index in [0.717, 1.165) is 35.0 Å². The van der Waals surface area contributed by atoms with Gasteiger partial charge in [-0.25, -0.2) is 4.99 Å². The van der Waals surface area contributed by atoms with Crippen molar-refractivity contribution >= 4 is 17.0 Å². The van der Waals surface area contributed by atoms with Crippen molar-refractivity contribution < 1.29 is 9.47 Å². The lowest BCUT2D eigenvalue weighted by Gasteiger charge is -2.08. The Labute approximate surface area is 158 Å². The van der Waals surface area contributed by atoms with Crippen molar-refractivity contribution in [3.8, 4) is 22.8 Å². The zero-order valence-electron chi connectivity index (χ0n) is 15.4. The number of hydrogen-bond donors (Lipinski definition) is 0.